The second-order valence-corrected chi connectivity index (χ2v) is 11.7. The number of likely N-dealkylation sites (tertiary alicyclic amines) is 1. The van der Waals surface area contributed by atoms with E-state index < -0.39 is 11.2 Å². The van der Waals surface area contributed by atoms with Crippen LogP contribution in [-0.4, -0.2) is 34.6 Å². The first-order chi connectivity index (χ1) is 19.4. The Kier molecular flexibility index (Phi) is 6.04. The van der Waals surface area contributed by atoms with Gasteiger partial charge in [0.1, 0.15) is 11.2 Å². The number of fused-ring (bicyclic) bond motifs is 4. The number of rotatable bonds is 4. The van der Waals surface area contributed by atoms with E-state index in [0.29, 0.717) is 42.7 Å². The highest BCUT2D eigenvalue weighted by molar-refractivity contribution is 6.03. The first-order valence-corrected chi connectivity index (χ1v) is 14.4. The first-order valence-electron chi connectivity index (χ1n) is 14.4. The van der Waals surface area contributed by atoms with E-state index in [-0.39, 0.29) is 18.2 Å². The molecule has 0 unspecified atom stereocenters. The second kappa shape index (κ2) is 9.63. The smallest absolute Gasteiger partial charge is 0.339 e. The zero-order valence-electron chi connectivity index (χ0n) is 22.7. The van der Waals surface area contributed by atoms with Crippen LogP contribution in [0.1, 0.15) is 49.7 Å². The van der Waals surface area contributed by atoms with Crippen molar-refractivity contribution in [2.45, 2.75) is 57.5 Å². The van der Waals surface area contributed by atoms with Gasteiger partial charge in [0.05, 0.1) is 11.9 Å². The van der Waals surface area contributed by atoms with E-state index in [2.05, 4.69) is 30.3 Å². The molecule has 1 amide bonds. The number of carbonyl (C=O) groups excluding carboxylic acids is 1. The fourth-order valence-corrected chi connectivity index (χ4v) is 6.97. The third-order valence-corrected chi connectivity index (χ3v) is 9.41. The van der Waals surface area contributed by atoms with Crippen molar-refractivity contribution in [1.29, 1.82) is 0 Å². The van der Waals surface area contributed by atoms with Crippen molar-refractivity contribution in [3.63, 3.8) is 0 Å². The van der Waals surface area contributed by atoms with Crippen molar-refractivity contribution >= 4 is 38.6 Å². The van der Waals surface area contributed by atoms with Crippen LogP contribution in [-0.2, 0) is 11.2 Å². The molecule has 2 fully saturated rings. The number of furan rings is 1. The standard InChI is InChI=1S/C34H33NO5/c1-21-26(11-12-32(36)35-15-14-34(38)13-5-4-8-25(34)19-35)33(37)40-31-18-30-28(17-27(21)31)29(20-39-30)24-10-9-22-6-2-3-7-23(22)16-24/h2-3,6-7,9-10,16-18,20,25,38H,4-5,8,11-15,19H2,1H3/t25-,34+/m1/s1. The molecule has 5 aromatic rings. The Labute approximate surface area is 232 Å². The summed E-state index contributed by atoms with van der Waals surface area (Å²) >= 11 is 0. The van der Waals surface area contributed by atoms with Gasteiger partial charge in [0.2, 0.25) is 5.91 Å². The van der Waals surface area contributed by atoms with E-state index in [1.165, 1.54) is 5.39 Å². The zero-order chi connectivity index (χ0) is 27.4. The molecule has 204 valence electrons. The van der Waals surface area contributed by atoms with Crippen LogP contribution in [0.15, 0.2) is 74.5 Å². The number of aryl methyl sites for hydroxylation is 1. The quantitative estimate of drug-likeness (QED) is 0.257. The molecule has 40 heavy (non-hydrogen) atoms. The maximum absolute atomic E-state index is 13.2. The number of carbonyl (C=O) groups is 1. The van der Waals surface area contributed by atoms with Gasteiger partial charge in [-0.15, -0.1) is 0 Å². The molecule has 6 nitrogen and oxygen atoms in total. The predicted octanol–water partition coefficient (Wildman–Crippen LogP) is 6.75. The normalized spacial score (nSPS) is 21.2. The van der Waals surface area contributed by atoms with Gasteiger partial charge >= 0.3 is 5.63 Å². The van der Waals surface area contributed by atoms with E-state index in [9.17, 15) is 14.7 Å². The van der Waals surface area contributed by atoms with Gasteiger partial charge in [-0.3, -0.25) is 4.79 Å². The molecule has 0 bridgehead atoms. The summed E-state index contributed by atoms with van der Waals surface area (Å²) in [6.45, 7) is 3.12. The number of nitrogens with zero attached hydrogens (tertiary/aromatic N) is 1. The summed E-state index contributed by atoms with van der Waals surface area (Å²) in [6, 6.07) is 18.5. The Morgan fingerprint density at radius 2 is 1.88 bits per heavy atom. The maximum atomic E-state index is 13.2. The van der Waals surface area contributed by atoms with Crippen molar-refractivity contribution < 1.29 is 18.7 Å². The lowest BCUT2D eigenvalue weighted by Gasteiger charge is -2.47. The highest BCUT2D eigenvalue weighted by atomic mass is 16.4. The number of aliphatic hydroxyl groups is 1. The monoisotopic (exact) mass is 535 g/mol. The molecule has 1 aliphatic carbocycles. The van der Waals surface area contributed by atoms with Gasteiger partial charge in [-0.25, -0.2) is 4.79 Å². The van der Waals surface area contributed by atoms with Gasteiger partial charge in [-0.2, -0.15) is 0 Å². The number of piperidine rings is 1. The summed E-state index contributed by atoms with van der Waals surface area (Å²) in [5.74, 6) is 0.191. The number of hydrogen-bond donors (Lipinski definition) is 1. The van der Waals surface area contributed by atoms with Crippen LogP contribution in [0.4, 0.5) is 0 Å². The molecular formula is C34H33NO5. The van der Waals surface area contributed by atoms with Crippen molar-refractivity contribution in [3.05, 3.63) is 82.4 Å². The molecule has 7 rings (SSSR count). The summed E-state index contributed by atoms with van der Waals surface area (Å²) in [5.41, 5.74) is 3.55. The molecule has 1 N–H and O–H groups in total. The number of hydrogen-bond acceptors (Lipinski definition) is 5. The Morgan fingerprint density at radius 1 is 1.02 bits per heavy atom. The third kappa shape index (κ3) is 4.22. The minimum atomic E-state index is -0.616. The van der Waals surface area contributed by atoms with Gasteiger partial charge in [-0.05, 0) is 66.6 Å². The van der Waals surface area contributed by atoms with Crippen molar-refractivity contribution in [2.24, 2.45) is 5.92 Å². The summed E-state index contributed by atoms with van der Waals surface area (Å²) < 4.78 is 11.6. The molecule has 1 aliphatic heterocycles. The minimum Gasteiger partial charge on any atom is -0.464 e. The van der Waals surface area contributed by atoms with Crippen LogP contribution in [0.25, 0.3) is 43.8 Å². The molecule has 2 atom stereocenters. The van der Waals surface area contributed by atoms with Gasteiger partial charge in [-0.1, -0.05) is 49.2 Å². The molecule has 3 heterocycles. The molecule has 6 heteroatoms. The SMILES string of the molecule is Cc1c(CCC(=O)N2CC[C@@]3(O)CCCC[C@@H]3C2)c(=O)oc2cc3occ(-c4ccc5ccccc5c4)c3cc12. The van der Waals surface area contributed by atoms with Gasteiger partial charge in [0.15, 0.2) is 0 Å². The molecule has 2 aliphatic rings. The molecule has 1 saturated carbocycles. The summed E-state index contributed by atoms with van der Waals surface area (Å²) in [4.78, 5) is 28.1. The molecule has 0 radical (unpaired) electrons. The maximum Gasteiger partial charge on any atom is 0.339 e. The molecule has 2 aromatic heterocycles. The third-order valence-electron chi connectivity index (χ3n) is 9.41. The van der Waals surface area contributed by atoms with Crippen LogP contribution in [0.5, 0.6) is 0 Å². The van der Waals surface area contributed by atoms with Crippen LogP contribution in [0, 0.1) is 12.8 Å². The lowest BCUT2D eigenvalue weighted by Crippen LogP contribution is -2.54. The largest absolute Gasteiger partial charge is 0.464 e. The lowest BCUT2D eigenvalue weighted by atomic mass is 9.71. The molecule has 0 spiro atoms. The van der Waals surface area contributed by atoms with Crippen LogP contribution in [0.3, 0.4) is 0 Å². The minimum absolute atomic E-state index is 0.0374. The summed E-state index contributed by atoms with van der Waals surface area (Å²) in [5, 5.41) is 15.1. The van der Waals surface area contributed by atoms with Crippen molar-refractivity contribution in [3.8, 4) is 11.1 Å². The van der Waals surface area contributed by atoms with Gasteiger partial charge in [0.25, 0.3) is 0 Å². The zero-order valence-corrected chi connectivity index (χ0v) is 22.7. The molecular weight excluding hydrogens is 502 g/mol. The summed E-state index contributed by atoms with van der Waals surface area (Å²) in [7, 11) is 0. The van der Waals surface area contributed by atoms with Crippen molar-refractivity contribution in [1.82, 2.24) is 4.90 Å². The topological polar surface area (TPSA) is 83.9 Å². The number of benzene rings is 3. The van der Waals surface area contributed by atoms with Gasteiger partial charge < -0.3 is 18.8 Å². The first kappa shape index (κ1) is 25.1. The van der Waals surface area contributed by atoms with E-state index in [0.717, 1.165) is 58.5 Å². The summed E-state index contributed by atoms with van der Waals surface area (Å²) in [6.07, 6.45) is 6.95. The van der Waals surface area contributed by atoms with Gasteiger partial charge in [0, 0.05) is 53.4 Å². The lowest BCUT2D eigenvalue weighted by molar-refractivity contribution is -0.143. The van der Waals surface area contributed by atoms with Crippen LogP contribution < -0.4 is 5.63 Å². The molecule has 3 aromatic carbocycles. The second-order valence-electron chi connectivity index (χ2n) is 11.7. The fraction of sp³-hybridized carbons (Fsp3) is 0.353. The Balaban J connectivity index is 1.17. The van der Waals surface area contributed by atoms with E-state index in [1.54, 1.807) is 12.3 Å². The highest BCUT2D eigenvalue weighted by Gasteiger charge is 2.43. The van der Waals surface area contributed by atoms with E-state index in [1.807, 2.05) is 30.0 Å². The van der Waals surface area contributed by atoms with Crippen LogP contribution >= 0.6 is 0 Å². The van der Waals surface area contributed by atoms with E-state index in [4.69, 9.17) is 8.83 Å². The Morgan fingerprint density at radius 3 is 2.75 bits per heavy atom. The fourth-order valence-electron chi connectivity index (χ4n) is 6.97. The predicted molar refractivity (Wildman–Crippen MR) is 156 cm³/mol. The average Bonchev–Trinajstić information content (AvgIpc) is 3.38. The van der Waals surface area contributed by atoms with Crippen LogP contribution in [0.2, 0.25) is 0 Å². The van der Waals surface area contributed by atoms with E-state index >= 15 is 0 Å². The Bertz CT molecular complexity index is 1830. The molecule has 1 saturated heterocycles. The van der Waals surface area contributed by atoms with Crippen molar-refractivity contribution in [2.75, 3.05) is 13.1 Å². The Hall–Kier alpha value is -3.90. The number of amides is 1. The average molecular weight is 536 g/mol. The highest BCUT2D eigenvalue weighted by Crippen LogP contribution is 2.40.